The summed E-state index contributed by atoms with van der Waals surface area (Å²) < 4.78 is 0. The molecule has 6 heteroatoms. The van der Waals surface area contributed by atoms with Crippen LogP contribution in [-0.4, -0.2) is 22.2 Å². The number of carbonyl (C=O) groups is 2. The first kappa shape index (κ1) is 17.0. The van der Waals surface area contributed by atoms with Crippen molar-refractivity contribution in [2.75, 3.05) is 4.90 Å². The standard InChI is InChI=1S/C19H17NO4S/c1-11-15(18(21)22)17(14-9-6-10-25-14)16(19(23)24)12(2)20(11)13-7-4-3-5-8-13/h3-10,17H,1-2H3,(H,21,22)(H,23,24). The third kappa shape index (κ3) is 2.85. The predicted octanol–water partition coefficient (Wildman–Crippen LogP) is 4.07. The molecule has 128 valence electrons. The lowest BCUT2D eigenvalue weighted by molar-refractivity contribution is -0.133. The first-order chi connectivity index (χ1) is 11.9. The first-order valence-corrected chi connectivity index (χ1v) is 8.58. The summed E-state index contributed by atoms with van der Waals surface area (Å²) in [5.74, 6) is -3.00. The monoisotopic (exact) mass is 355 g/mol. The highest BCUT2D eigenvalue weighted by molar-refractivity contribution is 7.10. The van der Waals surface area contributed by atoms with E-state index in [1.54, 1.807) is 30.9 Å². The summed E-state index contributed by atoms with van der Waals surface area (Å²) in [7, 11) is 0. The van der Waals surface area contributed by atoms with Crippen LogP contribution in [0.2, 0.25) is 0 Å². The number of hydrogen-bond donors (Lipinski definition) is 2. The fraction of sp³-hybridized carbons (Fsp3) is 0.158. The summed E-state index contributed by atoms with van der Waals surface area (Å²) in [5.41, 5.74) is 1.97. The van der Waals surface area contributed by atoms with Crippen molar-refractivity contribution in [2.45, 2.75) is 19.8 Å². The lowest BCUT2D eigenvalue weighted by atomic mass is 9.83. The summed E-state index contributed by atoms with van der Waals surface area (Å²) in [5, 5.41) is 21.5. The molecule has 2 aromatic rings. The van der Waals surface area contributed by atoms with Crippen molar-refractivity contribution in [3.05, 3.63) is 75.3 Å². The zero-order valence-corrected chi connectivity index (χ0v) is 14.6. The van der Waals surface area contributed by atoms with Gasteiger partial charge in [0.05, 0.1) is 17.1 Å². The molecule has 0 unspecified atom stereocenters. The largest absolute Gasteiger partial charge is 0.478 e. The van der Waals surface area contributed by atoms with Crippen LogP contribution in [0.15, 0.2) is 70.4 Å². The molecule has 2 N–H and O–H groups in total. The van der Waals surface area contributed by atoms with Gasteiger partial charge in [-0.1, -0.05) is 24.3 Å². The molecule has 0 saturated heterocycles. The number of hydrogen-bond acceptors (Lipinski definition) is 4. The predicted molar refractivity (Wildman–Crippen MR) is 96.7 cm³/mol. The van der Waals surface area contributed by atoms with Crippen molar-refractivity contribution in [3.63, 3.8) is 0 Å². The summed E-state index contributed by atoms with van der Waals surface area (Å²) in [6.07, 6.45) is 0. The van der Waals surface area contributed by atoms with E-state index in [1.807, 2.05) is 35.7 Å². The minimum absolute atomic E-state index is 0.0919. The number of nitrogens with zero attached hydrogens (tertiary/aromatic N) is 1. The zero-order valence-electron chi connectivity index (χ0n) is 13.8. The summed E-state index contributed by atoms with van der Waals surface area (Å²) in [4.78, 5) is 26.5. The minimum atomic E-state index is -1.11. The van der Waals surface area contributed by atoms with Gasteiger partial charge in [0.2, 0.25) is 0 Å². The van der Waals surface area contributed by atoms with Crippen molar-refractivity contribution >= 4 is 29.0 Å². The Morgan fingerprint density at radius 1 is 0.920 bits per heavy atom. The third-order valence-corrected chi connectivity index (χ3v) is 5.27. The van der Waals surface area contributed by atoms with E-state index in [4.69, 9.17) is 0 Å². The van der Waals surface area contributed by atoms with Gasteiger partial charge in [0.25, 0.3) is 0 Å². The molecule has 0 amide bonds. The second kappa shape index (κ2) is 6.57. The number of rotatable bonds is 4. The van der Waals surface area contributed by atoms with Crippen molar-refractivity contribution in [3.8, 4) is 0 Å². The SMILES string of the molecule is CC1=C(C(=O)O)C(c2cccs2)C(C(=O)O)=C(C)N1c1ccccc1. The Kier molecular flexibility index (Phi) is 4.46. The average Bonchev–Trinajstić information content (AvgIpc) is 3.08. The van der Waals surface area contributed by atoms with E-state index in [-0.39, 0.29) is 11.1 Å². The van der Waals surface area contributed by atoms with E-state index in [0.717, 1.165) is 5.69 Å². The van der Waals surface area contributed by atoms with Crippen molar-refractivity contribution in [1.29, 1.82) is 0 Å². The Morgan fingerprint density at radius 3 is 1.92 bits per heavy atom. The highest BCUT2D eigenvalue weighted by Gasteiger charge is 2.40. The molecule has 0 saturated carbocycles. The Bertz CT molecular complexity index is 843. The summed E-state index contributed by atoms with van der Waals surface area (Å²) in [6, 6.07) is 12.8. The van der Waals surface area contributed by atoms with Crippen LogP contribution in [0, 0.1) is 0 Å². The van der Waals surface area contributed by atoms with Crippen LogP contribution in [0.25, 0.3) is 0 Å². The number of para-hydroxylation sites is 1. The lowest BCUT2D eigenvalue weighted by Crippen LogP contribution is -2.34. The number of benzene rings is 1. The molecule has 1 aromatic heterocycles. The van der Waals surface area contributed by atoms with Gasteiger partial charge < -0.3 is 15.1 Å². The maximum atomic E-state index is 12.0. The molecule has 3 rings (SSSR count). The van der Waals surface area contributed by atoms with Gasteiger partial charge >= 0.3 is 11.9 Å². The van der Waals surface area contributed by atoms with E-state index in [2.05, 4.69) is 0 Å². The summed E-state index contributed by atoms with van der Waals surface area (Å²) >= 11 is 1.36. The quantitative estimate of drug-likeness (QED) is 0.864. The number of anilines is 1. The van der Waals surface area contributed by atoms with Crippen LogP contribution in [0.1, 0.15) is 24.6 Å². The fourth-order valence-corrected chi connectivity index (χ4v) is 4.16. The van der Waals surface area contributed by atoms with Crippen molar-refractivity contribution in [2.24, 2.45) is 0 Å². The molecule has 25 heavy (non-hydrogen) atoms. The minimum Gasteiger partial charge on any atom is -0.478 e. The highest BCUT2D eigenvalue weighted by atomic mass is 32.1. The molecule has 1 aromatic carbocycles. The molecule has 2 heterocycles. The third-order valence-electron chi connectivity index (χ3n) is 4.33. The molecule has 0 radical (unpaired) electrons. The van der Waals surface area contributed by atoms with E-state index in [0.29, 0.717) is 16.3 Å². The van der Waals surface area contributed by atoms with Gasteiger partial charge in [0.15, 0.2) is 0 Å². The molecule has 5 nitrogen and oxygen atoms in total. The van der Waals surface area contributed by atoms with Crippen LogP contribution in [-0.2, 0) is 9.59 Å². The highest BCUT2D eigenvalue weighted by Crippen LogP contribution is 2.44. The van der Waals surface area contributed by atoms with Gasteiger partial charge in [-0.2, -0.15) is 0 Å². The van der Waals surface area contributed by atoms with Crippen LogP contribution in [0.5, 0.6) is 0 Å². The smallest absolute Gasteiger partial charge is 0.334 e. The van der Waals surface area contributed by atoms with E-state index in [9.17, 15) is 19.8 Å². The molecule has 0 aliphatic carbocycles. The van der Waals surface area contributed by atoms with Gasteiger partial charge in [0, 0.05) is 22.0 Å². The van der Waals surface area contributed by atoms with Crippen molar-refractivity contribution in [1.82, 2.24) is 0 Å². The van der Waals surface area contributed by atoms with Gasteiger partial charge in [-0.15, -0.1) is 11.3 Å². The second-order valence-corrected chi connectivity index (χ2v) is 6.71. The molecule has 0 fully saturated rings. The normalized spacial score (nSPS) is 15.7. The molecule has 0 spiro atoms. The number of carboxylic acids is 2. The molecule has 1 aliphatic rings. The van der Waals surface area contributed by atoms with E-state index < -0.39 is 17.9 Å². The van der Waals surface area contributed by atoms with Crippen LogP contribution in [0.3, 0.4) is 0 Å². The zero-order chi connectivity index (χ0) is 18.1. The second-order valence-electron chi connectivity index (χ2n) is 5.73. The number of thiophene rings is 1. The molecular formula is C19H17NO4S. The Labute approximate surface area is 149 Å². The Hall–Kier alpha value is -2.86. The van der Waals surface area contributed by atoms with Crippen molar-refractivity contribution < 1.29 is 19.8 Å². The fourth-order valence-electron chi connectivity index (χ4n) is 3.32. The van der Waals surface area contributed by atoms with E-state index in [1.165, 1.54) is 11.3 Å². The van der Waals surface area contributed by atoms with E-state index >= 15 is 0 Å². The molecule has 1 aliphatic heterocycles. The molecular weight excluding hydrogens is 338 g/mol. The number of aliphatic carboxylic acids is 2. The maximum Gasteiger partial charge on any atom is 0.334 e. The van der Waals surface area contributed by atoms with Gasteiger partial charge in [0.1, 0.15) is 0 Å². The topological polar surface area (TPSA) is 77.8 Å². The van der Waals surface area contributed by atoms with Gasteiger partial charge in [-0.05, 0) is 37.4 Å². The number of carboxylic acid groups (broad SMARTS) is 2. The van der Waals surface area contributed by atoms with Crippen LogP contribution in [0.4, 0.5) is 5.69 Å². The Morgan fingerprint density at radius 2 is 1.48 bits per heavy atom. The average molecular weight is 355 g/mol. The van der Waals surface area contributed by atoms with Crippen LogP contribution < -0.4 is 4.90 Å². The van der Waals surface area contributed by atoms with Crippen LogP contribution >= 0.6 is 11.3 Å². The maximum absolute atomic E-state index is 12.0. The number of allylic oxidation sites excluding steroid dienone is 2. The lowest BCUT2D eigenvalue weighted by Gasteiger charge is -2.36. The Balaban J connectivity index is 2.30. The molecule has 0 atom stereocenters. The van der Waals surface area contributed by atoms with Gasteiger partial charge in [-0.3, -0.25) is 0 Å². The van der Waals surface area contributed by atoms with Gasteiger partial charge in [-0.25, -0.2) is 9.59 Å². The summed E-state index contributed by atoms with van der Waals surface area (Å²) in [6.45, 7) is 3.44. The molecule has 0 bridgehead atoms. The first-order valence-electron chi connectivity index (χ1n) is 7.70.